The molecule has 0 aliphatic heterocycles. The van der Waals surface area contributed by atoms with Crippen LogP contribution in [-0.4, -0.2) is 57.0 Å². The lowest BCUT2D eigenvalue weighted by molar-refractivity contribution is -0.470. The summed E-state index contributed by atoms with van der Waals surface area (Å²) in [6.45, 7) is -0.290. The number of hydrogen-bond acceptors (Lipinski definition) is 6. The van der Waals surface area contributed by atoms with Gasteiger partial charge in [0.1, 0.15) is 6.61 Å². The van der Waals surface area contributed by atoms with Gasteiger partial charge in [0, 0.05) is 28.4 Å². The molecule has 6 nitrogen and oxygen atoms in total. The molecule has 0 bridgehead atoms. The molecule has 1 unspecified atom stereocenters. The Morgan fingerprint density at radius 2 is 1.38 bits per heavy atom. The molecule has 0 aromatic heterocycles. The normalized spacial score (nSPS) is 17.1. The molecule has 0 heterocycles. The second-order valence-electron chi connectivity index (χ2n) is 2.41. The van der Waals surface area contributed by atoms with E-state index in [1.165, 1.54) is 28.4 Å². The number of hydrogen-bond donors (Lipinski definition) is 2. The summed E-state index contributed by atoms with van der Waals surface area (Å²) in [7, 11) is 4.88. The second-order valence-corrected chi connectivity index (χ2v) is 2.41. The fourth-order valence-electron chi connectivity index (χ4n) is 0.877. The maximum Gasteiger partial charge on any atom is 0.339 e. The minimum atomic E-state index is -2.25. The van der Waals surface area contributed by atoms with Crippen LogP contribution in [0.2, 0.25) is 0 Å². The van der Waals surface area contributed by atoms with E-state index in [9.17, 15) is 10.2 Å². The van der Waals surface area contributed by atoms with Gasteiger partial charge in [0.25, 0.3) is 5.79 Å². The van der Waals surface area contributed by atoms with E-state index in [0.717, 1.165) is 0 Å². The molecule has 6 heteroatoms. The maximum absolute atomic E-state index is 9.69. The molecule has 0 fully saturated rings. The van der Waals surface area contributed by atoms with Gasteiger partial charge in [-0.2, -0.15) is 0 Å². The van der Waals surface area contributed by atoms with Crippen LogP contribution in [0.3, 0.4) is 0 Å². The number of ether oxygens (including phenoxy) is 4. The first-order chi connectivity index (χ1) is 5.99. The molecular weight excluding hydrogens is 180 g/mol. The van der Waals surface area contributed by atoms with Gasteiger partial charge in [-0.05, 0) is 0 Å². The van der Waals surface area contributed by atoms with Crippen molar-refractivity contribution in [2.24, 2.45) is 0 Å². The zero-order valence-corrected chi connectivity index (χ0v) is 8.23. The highest BCUT2D eigenvalue weighted by molar-refractivity contribution is 4.77. The van der Waals surface area contributed by atoms with Gasteiger partial charge in [-0.15, -0.1) is 0 Å². The lowest BCUT2D eigenvalue weighted by Crippen LogP contribution is -2.60. The van der Waals surface area contributed by atoms with Crippen molar-refractivity contribution in [3.63, 3.8) is 0 Å². The predicted octanol–water partition coefficient (Wildman–Crippen LogP) is -1.09. The van der Waals surface area contributed by atoms with Crippen LogP contribution >= 0.6 is 0 Å². The van der Waals surface area contributed by atoms with Gasteiger partial charge >= 0.3 is 5.97 Å². The Labute approximate surface area is 77.0 Å². The summed E-state index contributed by atoms with van der Waals surface area (Å²) in [4.78, 5) is 0. The summed E-state index contributed by atoms with van der Waals surface area (Å²) in [6.07, 6.45) is 0. The summed E-state index contributed by atoms with van der Waals surface area (Å²) in [5.74, 6) is -4.32. The van der Waals surface area contributed by atoms with E-state index >= 15 is 0 Å². The molecule has 0 spiro atoms. The first-order valence-electron chi connectivity index (χ1n) is 3.58. The molecule has 0 aromatic carbocycles. The van der Waals surface area contributed by atoms with E-state index in [1.54, 1.807) is 0 Å². The highest BCUT2D eigenvalue weighted by Gasteiger charge is 2.52. The third-order valence-corrected chi connectivity index (χ3v) is 1.72. The van der Waals surface area contributed by atoms with Crippen LogP contribution in [0.4, 0.5) is 0 Å². The smallest absolute Gasteiger partial charge is 0.339 e. The molecule has 1 atom stereocenters. The van der Waals surface area contributed by atoms with Gasteiger partial charge < -0.3 is 29.2 Å². The molecule has 0 aromatic rings. The van der Waals surface area contributed by atoms with Crippen LogP contribution in [0.15, 0.2) is 0 Å². The topological polar surface area (TPSA) is 77.4 Å². The zero-order chi connectivity index (χ0) is 10.5. The van der Waals surface area contributed by atoms with Crippen LogP contribution in [0.1, 0.15) is 0 Å². The van der Waals surface area contributed by atoms with Crippen molar-refractivity contribution in [1.29, 1.82) is 0 Å². The monoisotopic (exact) mass is 196 g/mol. The second kappa shape index (κ2) is 4.85. The number of rotatable bonds is 6. The SMILES string of the molecule is COCC(O)(OC)C(O)(OC)OC. The Morgan fingerprint density at radius 3 is 1.62 bits per heavy atom. The van der Waals surface area contributed by atoms with Crippen LogP contribution in [0, 0.1) is 0 Å². The Morgan fingerprint density at radius 1 is 0.923 bits per heavy atom. The van der Waals surface area contributed by atoms with Crippen molar-refractivity contribution in [3.8, 4) is 0 Å². The summed E-state index contributed by atoms with van der Waals surface area (Å²) >= 11 is 0. The van der Waals surface area contributed by atoms with Crippen LogP contribution < -0.4 is 0 Å². The Balaban J connectivity index is 4.68. The highest BCUT2D eigenvalue weighted by Crippen LogP contribution is 2.25. The van der Waals surface area contributed by atoms with Gasteiger partial charge in [-0.25, -0.2) is 0 Å². The minimum absolute atomic E-state index is 0.290. The third-order valence-electron chi connectivity index (χ3n) is 1.72. The average molecular weight is 196 g/mol. The quantitative estimate of drug-likeness (QED) is 0.525. The molecule has 0 radical (unpaired) electrons. The van der Waals surface area contributed by atoms with E-state index in [-0.39, 0.29) is 6.61 Å². The lowest BCUT2D eigenvalue weighted by Gasteiger charge is -2.38. The molecule has 0 amide bonds. The third kappa shape index (κ3) is 2.37. The summed E-state index contributed by atoms with van der Waals surface area (Å²) < 4.78 is 18.5. The van der Waals surface area contributed by atoms with Gasteiger partial charge in [0.05, 0.1) is 0 Å². The summed E-state index contributed by atoms with van der Waals surface area (Å²) in [5.41, 5.74) is 0. The zero-order valence-electron chi connectivity index (χ0n) is 8.23. The molecular formula is C7H16O6. The number of methoxy groups -OCH3 is 4. The first kappa shape index (κ1) is 12.8. The maximum atomic E-state index is 9.69. The summed E-state index contributed by atoms with van der Waals surface area (Å²) in [6, 6.07) is 0. The van der Waals surface area contributed by atoms with E-state index in [1.807, 2.05) is 0 Å². The minimum Gasteiger partial charge on any atom is -0.379 e. The Hall–Kier alpha value is -0.240. The molecule has 0 rings (SSSR count). The van der Waals surface area contributed by atoms with Crippen molar-refractivity contribution in [2.75, 3.05) is 35.0 Å². The van der Waals surface area contributed by atoms with Crippen LogP contribution in [0.25, 0.3) is 0 Å². The highest BCUT2D eigenvalue weighted by atomic mass is 16.9. The lowest BCUT2D eigenvalue weighted by atomic mass is 10.2. The van der Waals surface area contributed by atoms with E-state index in [0.29, 0.717) is 0 Å². The van der Waals surface area contributed by atoms with Gasteiger partial charge in [0.2, 0.25) is 0 Å². The molecule has 80 valence electrons. The number of aliphatic hydroxyl groups is 2. The Kier molecular flexibility index (Phi) is 4.76. The Bertz CT molecular complexity index is 146. The largest absolute Gasteiger partial charge is 0.379 e. The van der Waals surface area contributed by atoms with Crippen molar-refractivity contribution in [1.82, 2.24) is 0 Å². The van der Waals surface area contributed by atoms with E-state index < -0.39 is 11.8 Å². The molecule has 0 saturated carbocycles. The van der Waals surface area contributed by atoms with Gasteiger partial charge in [-0.3, -0.25) is 0 Å². The van der Waals surface area contributed by atoms with Crippen molar-refractivity contribution >= 4 is 0 Å². The van der Waals surface area contributed by atoms with Crippen molar-refractivity contribution in [2.45, 2.75) is 11.8 Å². The van der Waals surface area contributed by atoms with E-state index in [2.05, 4.69) is 18.9 Å². The molecule has 0 aliphatic carbocycles. The molecule has 13 heavy (non-hydrogen) atoms. The van der Waals surface area contributed by atoms with Crippen LogP contribution in [0.5, 0.6) is 0 Å². The standard InChI is InChI=1S/C7H16O6/c1-10-5-6(8,11-2)7(9,12-3)13-4/h8-9H,5H2,1-4H3. The van der Waals surface area contributed by atoms with Gasteiger partial charge in [-0.1, -0.05) is 0 Å². The molecule has 0 saturated heterocycles. The van der Waals surface area contributed by atoms with Crippen molar-refractivity contribution in [3.05, 3.63) is 0 Å². The predicted molar refractivity (Wildman–Crippen MR) is 42.8 cm³/mol. The van der Waals surface area contributed by atoms with Crippen molar-refractivity contribution < 1.29 is 29.2 Å². The van der Waals surface area contributed by atoms with E-state index in [4.69, 9.17) is 0 Å². The average Bonchev–Trinajstić information content (AvgIpc) is 2.16. The fourth-order valence-corrected chi connectivity index (χ4v) is 0.877. The summed E-state index contributed by atoms with van der Waals surface area (Å²) in [5, 5.41) is 19.3. The van der Waals surface area contributed by atoms with Gasteiger partial charge in [0.15, 0.2) is 0 Å². The van der Waals surface area contributed by atoms with Crippen LogP contribution in [-0.2, 0) is 18.9 Å². The fraction of sp³-hybridized carbons (Fsp3) is 1.00. The molecule has 2 N–H and O–H groups in total. The first-order valence-corrected chi connectivity index (χ1v) is 3.58. The molecule has 0 aliphatic rings.